The number of aliphatic imine (C=N–C) groups is 1. The van der Waals surface area contributed by atoms with Gasteiger partial charge in [-0.2, -0.15) is 0 Å². The molecular weight excluding hydrogens is 1420 g/mol. The van der Waals surface area contributed by atoms with Crippen molar-refractivity contribution in [2.24, 2.45) is 51.8 Å². The molecule has 0 saturated carbocycles. The Hall–Kier alpha value is -11.7. The molecule has 0 aliphatic heterocycles. The predicted octanol–water partition coefficient (Wildman–Crippen LogP) is -2.82. The Morgan fingerprint density at radius 1 is 0.505 bits per heavy atom. The third kappa shape index (κ3) is 30.2. The summed E-state index contributed by atoms with van der Waals surface area (Å²) < 4.78 is 0. The number of hydrogen-bond donors (Lipinski definition) is 21. The van der Waals surface area contributed by atoms with Crippen LogP contribution in [0.2, 0.25) is 0 Å². The zero-order chi connectivity index (χ0) is 81.5. The molecule has 0 radical (unpaired) electrons. The quantitative estimate of drug-likeness (QED) is 0.0121. The molecule has 2 heterocycles. The van der Waals surface area contributed by atoms with Gasteiger partial charge in [0.1, 0.15) is 66.2 Å². The molecule has 0 fully saturated rings. The number of aromatic hydroxyl groups is 1. The number of nitrogens with zero attached hydrogens (tertiary/aromatic N) is 2. The van der Waals surface area contributed by atoms with Crippen LogP contribution in [0.15, 0.2) is 72.2 Å². The first-order valence-electron chi connectivity index (χ1n) is 35.6. The molecule has 0 aliphatic rings. The van der Waals surface area contributed by atoms with E-state index in [9.17, 15) is 92.3 Å². The number of nitrogens with one attached hydrogen (secondary N) is 14. The van der Waals surface area contributed by atoms with Gasteiger partial charge in [0.15, 0.2) is 5.96 Å². The standard InChI is InChI=1S/C71H105N19O19/c1-11-38(10)59(90-65(103)50(28-55(96)97)85-68(106)57(36(6)7)88-62(100)46(17-14-22-76-71(73)74)81-52(92)31-78-60(98)44(72)23-34(2)3)69(107)84-48(26-41-30-75-33-80-41)64(102)89-58(37(8)9)67(105)83-47(25-40-29-77-45-16-13-12-15-43(40)45)63(101)82-49(27-54(94)95)61(99)79-32-53(93)87-56(35(4)5)66(104)86-51(70(108)109)24-39-18-20-42(91)21-19-39/h12-13,15-16,18-21,29-30,33-38,44,46-51,56-59,77,91H,11,14,17,22-28,31-32,72H2,1-10H3,(H,75,80)(H,78,98)(H,79,99)(H,81,92)(H,82,101)(H,83,105)(H,84,107)(H,85,106)(H,86,104)(H,87,93)(H,88,100)(H,89,102)(H,90,103)(H,94,95)(H,96,97)(H,108,109)(H4,73,74,76)/t38-,44-,46-,47-,48-,49-,50-,51-,56-,57-,58-,59-/m0/s1. The lowest BCUT2D eigenvalue weighted by molar-refractivity contribution is -0.142. The Bertz CT molecular complexity index is 3840. The van der Waals surface area contributed by atoms with E-state index in [1.54, 1.807) is 72.0 Å². The molecule has 0 saturated heterocycles. The van der Waals surface area contributed by atoms with Crippen LogP contribution in [0.4, 0.5) is 0 Å². The summed E-state index contributed by atoms with van der Waals surface area (Å²) in [6.45, 7) is 14.7. The number of carboxylic acids is 3. The molecule has 0 aliphatic carbocycles. The highest BCUT2D eigenvalue weighted by Crippen LogP contribution is 2.21. The Morgan fingerprint density at radius 3 is 1.50 bits per heavy atom. The van der Waals surface area contributed by atoms with Gasteiger partial charge in [0.2, 0.25) is 70.9 Å². The zero-order valence-electron chi connectivity index (χ0n) is 62.6. The number of carboxylic acid groups (broad SMARTS) is 3. The third-order valence-corrected chi connectivity index (χ3v) is 17.4. The molecule has 109 heavy (non-hydrogen) atoms. The minimum Gasteiger partial charge on any atom is -0.508 e. The van der Waals surface area contributed by atoms with Crippen molar-refractivity contribution in [2.45, 2.75) is 193 Å². The second-order valence-electron chi connectivity index (χ2n) is 27.9. The lowest BCUT2D eigenvalue weighted by Gasteiger charge is -2.30. The number of phenolic OH excluding ortho intramolecular Hbond substituents is 1. The van der Waals surface area contributed by atoms with Crippen LogP contribution in [0.25, 0.3) is 10.9 Å². The minimum atomic E-state index is -1.92. The molecule has 598 valence electrons. The van der Waals surface area contributed by atoms with Gasteiger partial charge < -0.3 is 111 Å². The van der Waals surface area contributed by atoms with Gasteiger partial charge in [-0.3, -0.25) is 72.1 Å². The van der Waals surface area contributed by atoms with Crippen LogP contribution in [0.1, 0.15) is 125 Å². The van der Waals surface area contributed by atoms with Crippen molar-refractivity contribution in [1.29, 1.82) is 0 Å². The topological polar surface area (TPSA) is 616 Å². The number of aliphatic carboxylic acids is 3. The molecule has 4 rings (SSSR count). The van der Waals surface area contributed by atoms with Crippen molar-refractivity contribution in [1.82, 2.24) is 78.8 Å². The smallest absolute Gasteiger partial charge is 0.326 e. The molecule has 38 heteroatoms. The monoisotopic (exact) mass is 1530 g/mol. The lowest BCUT2D eigenvalue weighted by Crippen LogP contribution is -2.62. The van der Waals surface area contributed by atoms with Gasteiger partial charge >= 0.3 is 17.9 Å². The van der Waals surface area contributed by atoms with Gasteiger partial charge in [-0.05, 0) is 78.2 Å². The first-order chi connectivity index (χ1) is 51.3. The van der Waals surface area contributed by atoms with Crippen molar-refractivity contribution in [2.75, 3.05) is 19.6 Å². The number of aromatic amines is 2. The number of aromatic nitrogens is 3. The number of imidazole rings is 1. The predicted molar refractivity (Wildman–Crippen MR) is 395 cm³/mol. The van der Waals surface area contributed by atoms with Crippen LogP contribution in [-0.4, -0.2) is 216 Å². The van der Waals surface area contributed by atoms with Crippen molar-refractivity contribution in [3.63, 3.8) is 0 Å². The second-order valence-corrected chi connectivity index (χ2v) is 27.9. The summed E-state index contributed by atoms with van der Waals surface area (Å²) in [5, 5.41) is 69.9. The number of rotatable bonds is 46. The highest BCUT2D eigenvalue weighted by atomic mass is 16.4. The number of carbonyl (C=O) groups excluding carboxylic acids is 12. The number of para-hydroxylation sites is 1. The molecule has 38 nitrogen and oxygen atoms in total. The maximum Gasteiger partial charge on any atom is 0.326 e. The van der Waals surface area contributed by atoms with Crippen LogP contribution >= 0.6 is 0 Å². The first-order valence-corrected chi connectivity index (χ1v) is 35.6. The zero-order valence-corrected chi connectivity index (χ0v) is 62.6. The van der Waals surface area contributed by atoms with E-state index in [0.29, 0.717) is 28.5 Å². The molecule has 12 amide bonds. The van der Waals surface area contributed by atoms with Gasteiger partial charge in [0, 0.05) is 54.8 Å². The number of fused-ring (bicyclic) bond motifs is 1. The normalized spacial score (nSPS) is 14.6. The summed E-state index contributed by atoms with van der Waals surface area (Å²) in [4.78, 5) is 219. The fraction of sp³-hybridized carbons (Fsp3) is 0.535. The van der Waals surface area contributed by atoms with Crippen molar-refractivity contribution in [3.8, 4) is 5.75 Å². The fourth-order valence-corrected chi connectivity index (χ4v) is 11.2. The van der Waals surface area contributed by atoms with Crippen molar-refractivity contribution >= 4 is 106 Å². The summed E-state index contributed by atoms with van der Waals surface area (Å²) in [5.41, 5.74) is 18.7. The van der Waals surface area contributed by atoms with Crippen molar-refractivity contribution in [3.05, 3.63) is 84.1 Å². The Morgan fingerprint density at radius 2 is 0.972 bits per heavy atom. The summed E-state index contributed by atoms with van der Waals surface area (Å²) >= 11 is 0. The molecule has 0 bridgehead atoms. The van der Waals surface area contributed by atoms with Crippen LogP contribution in [0, 0.1) is 29.6 Å². The van der Waals surface area contributed by atoms with E-state index in [1.807, 2.05) is 13.8 Å². The van der Waals surface area contributed by atoms with Gasteiger partial charge in [-0.1, -0.05) is 106 Å². The Balaban J connectivity index is 1.58. The fourth-order valence-electron chi connectivity index (χ4n) is 11.2. The van der Waals surface area contributed by atoms with Gasteiger partial charge in [-0.25, -0.2) is 9.78 Å². The number of benzene rings is 2. The molecule has 2 aromatic heterocycles. The van der Waals surface area contributed by atoms with Crippen LogP contribution in [0.3, 0.4) is 0 Å². The van der Waals surface area contributed by atoms with E-state index in [0.717, 1.165) is 0 Å². The van der Waals surface area contributed by atoms with E-state index in [1.165, 1.54) is 50.6 Å². The summed E-state index contributed by atoms with van der Waals surface area (Å²) in [7, 11) is 0. The Kier molecular flexibility index (Phi) is 36.0. The van der Waals surface area contributed by atoms with Crippen molar-refractivity contribution < 1.29 is 92.3 Å². The van der Waals surface area contributed by atoms with Crippen LogP contribution in [-0.2, 0) is 91.2 Å². The maximum atomic E-state index is 14.8. The molecule has 0 spiro atoms. The highest BCUT2D eigenvalue weighted by Gasteiger charge is 2.39. The number of hydrogen-bond acceptors (Lipinski definition) is 19. The molecule has 0 unspecified atom stereocenters. The van der Waals surface area contributed by atoms with E-state index in [-0.39, 0.29) is 68.4 Å². The average molecular weight is 1530 g/mol. The minimum absolute atomic E-state index is 0.0259. The van der Waals surface area contributed by atoms with E-state index in [4.69, 9.17) is 17.2 Å². The average Bonchev–Trinajstić information content (AvgIpc) is 1.75. The van der Waals surface area contributed by atoms with Crippen LogP contribution < -0.4 is 81.0 Å². The number of carbonyl (C=O) groups is 15. The van der Waals surface area contributed by atoms with Gasteiger partial charge in [0.25, 0.3) is 0 Å². The van der Waals surface area contributed by atoms with Gasteiger partial charge in [0.05, 0.1) is 38.3 Å². The maximum absolute atomic E-state index is 14.8. The van der Waals surface area contributed by atoms with E-state index in [2.05, 4.69) is 83.7 Å². The number of H-pyrrole nitrogens is 2. The SMILES string of the molecule is CC[C@H](C)[C@H](NC(=O)[C@H](CC(=O)O)NC(=O)[C@@H](NC(=O)[C@H](CCCN=C(N)N)NC(=O)CNC(=O)[C@@H](N)CC(C)C)C(C)C)C(=O)N[C@@H](Cc1cnc[nH]1)C(=O)N[C@H](C(=O)N[C@@H](Cc1c[nH]c2ccccc12)C(=O)N[C@@H](CC(=O)O)C(=O)NCC(=O)N[C@H](C(=O)N[C@@H](Cc1ccc(O)cc1)C(=O)O)C(C)C)C(C)C. The number of amides is 12. The van der Waals surface area contributed by atoms with Crippen LogP contribution in [0.5, 0.6) is 5.75 Å². The summed E-state index contributed by atoms with van der Waals surface area (Å²) in [6.07, 6.45) is 1.77. The summed E-state index contributed by atoms with van der Waals surface area (Å²) in [5.74, 6) is -19.5. The molecule has 24 N–H and O–H groups in total. The molecule has 2 aromatic carbocycles. The first kappa shape index (κ1) is 89.7. The van der Waals surface area contributed by atoms with Gasteiger partial charge in [-0.15, -0.1) is 0 Å². The third-order valence-electron chi connectivity index (χ3n) is 17.4. The number of nitrogens with two attached hydrogens (primary N) is 3. The molecular formula is C71H105N19O19. The number of phenols is 1. The lowest BCUT2D eigenvalue weighted by atomic mass is 9.96. The summed E-state index contributed by atoms with van der Waals surface area (Å²) in [6, 6.07) is -4.33. The van der Waals surface area contributed by atoms with E-state index >= 15 is 0 Å². The van der Waals surface area contributed by atoms with E-state index < -0.39 is 205 Å². The Labute approximate surface area is 629 Å². The number of guanidine groups is 1. The highest BCUT2D eigenvalue weighted by molar-refractivity contribution is 6.01. The second kappa shape index (κ2) is 43.8. The molecule has 4 aromatic rings. The molecule has 12 atom stereocenters. The largest absolute Gasteiger partial charge is 0.508 e.